The first-order valence-corrected chi connectivity index (χ1v) is 6.71. The SMILES string of the molecule is CC(C(=O)O)C(=O)N1CCN(Cc2ccncc2)CC1. The standard InChI is InChI=1S/C14H19N3O3/c1-11(14(19)20)13(18)17-8-6-16(7-9-17)10-12-2-4-15-5-3-12/h2-5,11H,6-10H2,1H3,(H,19,20). The highest BCUT2D eigenvalue weighted by Crippen LogP contribution is 2.10. The number of carboxylic acid groups (broad SMARTS) is 1. The predicted octanol–water partition coefficient (Wildman–Crippen LogP) is 0.446. The molecule has 2 heterocycles. The number of nitrogens with zero attached hydrogens (tertiary/aromatic N) is 3. The Labute approximate surface area is 118 Å². The van der Waals surface area contributed by atoms with Crippen molar-refractivity contribution in [2.75, 3.05) is 26.2 Å². The van der Waals surface area contributed by atoms with Crippen LogP contribution in [0.1, 0.15) is 12.5 Å². The first kappa shape index (κ1) is 14.5. The number of pyridine rings is 1. The van der Waals surface area contributed by atoms with Gasteiger partial charge in [0.2, 0.25) is 5.91 Å². The third kappa shape index (κ3) is 3.54. The summed E-state index contributed by atoms with van der Waals surface area (Å²) >= 11 is 0. The minimum atomic E-state index is -1.06. The Morgan fingerprint density at radius 3 is 2.40 bits per heavy atom. The van der Waals surface area contributed by atoms with Gasteiger partial charge in [0.1, 0.15) is 5.92 Å². The van der Waals surface area contributed by atoms with Crippen LogP contribution in [0.25, 0.3) is 0 Å². The lowest BCUT2D eigenvalue weighted by Crippen LogP contribution is -2.50. The molecule has 1 aliphatic heterocycles. The van der Waals surface area contributed by atoms with E-state index < -0.39 is 11.9 Å². The average Bonchev–Trinajstić information content (AvgIpc) is 2.47. The molecular formula is C14H19N3O3. The molecular weight excluding hydrogens is 258 g/mol. The number of aromatic nitrogens is 1. The van der Waals surface area contributed by atoms with Crippen molar-refractivity contribution in [1.82, 2.24) is 14.8 Å². The van der Waals surface area contributed by atoms with E-state index in [1.54, 1.807) is 17.3 Å². The highest BCUT2D eigenvalue weighted by Gasteiger charge is 2.28. The minimum Gasteiger partial charge on any atom is -0.481 e. The Hall–Kier alpha value is -1.95. The molecule has 1 amide bonds. The number of aliphatic carboxylic acids is 1. The van der Waals surface area contributed by atoms with Gasteiger partial charge < -0.3 is 10.0 Å². The van der Waals surface area contributed by atoms with Crippen LogP contribution >= 0.6 is 0 Å². The first-order valence-electron chi connectivity index (χ1n) is 6.71. The average molecular weight is 277 g/mol. The molecule has 0 radical (unpaired) electrons. The fourth-order valence-electron chi connectivity index (χ4n) is 2.25. The summed E-state index contributed by atoms with van der Waals surface area (Å²) in [6.07, 6.45) is 3.54. The monoisotopic (exact) mass is 277 g/mol. The van der Waals surface area contributed by atoms with Crippen LogP contribution in [0.4, 0.5) is 0 Å². The largest absolute Gasteiger partial charge is 0.481 e. The Morgan fingerprint density at radius 2 is 1.85 bits per heavy atom. The van der Waals surface area contributed by atoms with Crippen molar-refractivity contribution >= 4 is 11.9 Å². The maximum atomic E-state index is 11.9. The molecule has 0 spiro atoms. The molecule has 0 aliphatic carbocycles. The van der Waals surface area contributed by atoms with Crippen LogP contribution in [0.2, 0.25) is 0 Å². The highest BCUT2D eigenvalue weighted by atomic mass is 16.4. The van der Waals surface area contributed by atoms with Crippen LogP contribution in [-0.2, 0) is 16.1 Å². The molecule has 20 heavy (non-hydrogen) atoms. The van der Waals surface area contributed by atoms with E-state index in [-0.39, 0.29) is 5.91 Å². The van der Waals surface area contributed by atoms with Crippen molar-refractivity contribution in [3.63, 3.8) is 0 Å². The second-order valence-electron chi connectivity index (χ2n) is 5.02. The molecule has 6 heteroatoms. The van der Waals surface area contributed by atoms with Crippen LogP contribution < -0.4 is 0 Å². The van der Waals surface area contributed by atoms with Gasteiger partial charge in [-0.3, -0.25) is 19.5 Å². The van der Waals surface area contributed by atoms with Gasteiger partial charge in [0, 0.05) is 45.1 Å². The third-order valence-electron chi connectivity index (χ3n) is 3.58. The number of hydrogen-bond acceptors (Lipinski definition) is 4. The van der Waals surface area contributed by atoms with E-state index in [0.717, 1.165) is 19.6 Å². The van der Waals surface area contributed by atoms with Gasteiger partial charge in [-0.05, 0) is 24.6 Å². The Kier molecular flexibility index (Phi) is 4.68. The topological polar surface area (TPSA) is 73.7 Å². The van der Waals surface area contributed by atoms with Crippen molar-refractivity contribution in [3.05, 3.63) is 30.1 Å². The Bertz CT molecular complexity index is 470. The van der Waals surface area contributed by atoms with E-state index in [2.05, 4.69) is 9.88 Å². The van der Waals surface area contributed by atoms with Gasteiger partial charge in [0.25, 0.3) is 0 Å². The lowest BCUT2D eigenvalue weighted by molar-refractivity contribution is -0.151. The summed E-state index contributed by atoms with van der Waals surface area (Å²) in [5, 5.41) is 8.87. The van der Waals surface area contributed by atoms with Crippen LogP contribution in [0.3, 0.4) is 0 Å². The lowest BCUT2D eigenvalue weighted by Gasteiger charge is -2.35. The van der Waals surface area contributed by atoms with E-state index in [0.29, 0.717) is 13.1 Å². The number of rotatable bonds is 4. The zero-order chi connectivity index (χ0) is 14.5. The van der Waals surface area contributed by atoms with Crippen molar-refractivity contribution in [2.45, 2.75) is 13.5 Å². The van der Waals surface area contributed by atoms with Crippen molar-refractivity contribution in [3.8, 4) is 0 Å². The third-order valence-corrected chi connectivity index (χ3v) is 3.58. The van der Waals surface area contributed by atoms with Crippen LogP contribution in [0.15, 0.2) is 24.5 Å². The molecule has 1 aromatic rings. The normalized spacial score (nSPS) is 17.8. The molecule has 1 N–H and O–H groups in total. The first-order chi connectivity index (χ1) is 9.58. The molecule has 1 unspecified atom stereocenters. The van der Waals surface area contributed by atoms with Gasteiger partial charge in [-0.25, -0.2) is 0 Å². The van der Waals surface area contributed by atoms with Crippen molar-refractivity contribution in [1.29, 1.82) is 0 Å². The fourth-order valence-corrected chi connectivity index (χ4v) is 2.25. The van der Waals surface area contributed by atoms with Gasteiger partial charge in [0.05, 0.1) is 0 Å². The molecule has 1 saturated heterocycles. The summed E-state index contributed by atoms with van der Waals surface area (Å²) in [6.45, 7) is 4.97. The number of carboxylic acids is 1. The lowest BCUT2D eigenvalue weighted by atomic mass is 10.1. The quantitative estimate of drug-likeness (QED) is 0.809. The summed E-state index contributed by atoms with van der Waals surface area (Å²) < 4.78 is 0. The zero-order valence-corrected chi connectivity index (χ0v) is 11.5. The second kappa shape index (κ2) is 6.47. The van der Waals surface area contributed by atoms with E-state index >= 15 is 0 Å². The highest BCUT2D eigenvalue weighted by molar-refractivity contribution is 5.96. The summed E-state index contributed by atoms with van der Waals surface area (Å²) in [7, 11) is 0. The molecule has 0 aromatic carbocycles. The van der Waals surface area contributed by atoms with E-state index in [9.17, 15) is 9.59 Å². The van der Waals surface area contributed by atoms with E-state index in [4.69, 9.17) is 5.11 Å². The predicted molar refractivity (Wildman–Crippen MR) is 72.9 cm³/mol. The van der Waals surface area contributed by atoms with E-state index in [1.807, 2.05) is 12.1 Å². The fraction of sp³-hybridized carbons (Fsp3) is 0.500. The maximum Gasteiger partial charge on any atom is 0.315 e. The molecule has 1 aliphatic rings. The van der Waals surface area contributed by atoms with Crippen molar-refractivity contribution < 1.29 is 14.7 Å². The molecule has 1 atom stereocenters. The number of amides is 1. The zero-order valence-electron chi connectivity index (χ0n) is 11.5. The minimum absolute atomic E-state index is 0.291. The van der Waals surface area contributed by atoms with Gasteiger partial charge in [-0.15, -0.1) is 0 Å². The summed E-state index contributed by atoms with van der Waals surface area (Å²) in [5.41, 5.74) is 1.19. The van der Waals surface area contributed by atoms with Crippen LogP contribution in [-0.4, -0.2) is 57.9 Å². The summed E-state index contributed by atoms with van der Waals surface area (Å²) in [5.74, 6) is -2.31. The Morgan fingerprint density at radius 1 is 1.25 bits per heavy atom. The van der Waals surface area contributed by atoms with Crippen LogP contribution in [0, 0.1) is 5.92 Å². The maximum absolute atomic E-state index is 11.9. The molecule has 6 nitrogen and oxygen atoms in total. The van der Waals surface area contributed by atoms with Gasteiger partial charge in [0.15, 0.2) is 0 Å². The smallest absolute Gasteiger partial charge is 0.315 e. The van der Waals surface area contributed by atoms with Gasteiger partial charge in [-0.1, -0.05) is 0 Å². The molecule has 1 fully saturated rings. The Balaban J connectivity index is 1.83. The number of hydrogen-bond donors (Lipinski definition) is 1. The van der Waals surface area contributed by atoms with Gasteiger partial charge in [-0.2, -0.15) is 0 Å². The van der Waals surface area contributed by atoms with Crippen LogP contribution in [0.5, 0.6) is 0 Å². The summed E-state index contributed by atoms with van der Waals surface area (Å²) in [6, 6.07) is 3.95. The van der Waals surface area contributed by atoms with Crippen molar-refractivity contribution in [2.24, 2.45) is 5.92 Å². The van der Waals surface area contributed by atoms with E-state index in [1.165, 1.54) is 12.5 Å². The summed E-state index contributed by atoms with van der Waals surface area (Å²) in [4.78, 5) is 30.6. The molecule has 2 rings (SSSR count). The number of carbonyl (C=O) groups excluding carboxylic acids is 1. The molecule has 108 valence electrons. The molecule has 0 bridgehead atoms. The molecule has 1 aromatic heterocycles. The second-order valence-corrected chi connectivity index (χ2v) is 5.02. The number of carbonyl (C=O) groups is 2. The number of piperazine rings is 1. The molecule has 0 saturated carbocycles. The van der Waals surface area contributed by atoms with Gasteiger partial charge >= 0.3 is 5.97 Å².